The maximum absolute atomic E-state index is 11.2. The van der Waals surface area contributed by atoms with Crippen molar-refractivity contribution in [2.75, 3.05) is 19.8 Å². The van der Waals surface area contributed by atoms with Crippen molar-refractivity contribution >= 4 is 17.9 Å². The van der Waals surface area contributed by atoms with Crippen LogP contribution in [0.25, 0.3) is 0 Å². The van der Waals surface area contributed by atoms with Gasteiger partial charge in [-0.3, -0.25) is 4.89 Å². The van der Waals surface area contributed by atoms with Gasteiger partial charge < -0.3 is 9.47 Å². The highest BCUT2D eigenvalue weighted by Crippen LogP contribution is 2.24. The summed E-state index contributed by atoms with van der Waals surface area (Å²) < 4.78 is 9.97. The average molecular weight is 312 g/mol. The van der Waals surface area contributed by atoms with Gasteiger partial charge in [0.15, 0.2) is 0 Å². The summed E-state index contributed by atoms with van der Waals surface area (Å²) in [6.07, 6.45) is 3.38. The molecule has 0 rings (SSSR count). The summed E-state index contributed by atoms with van der Waals surface area (Å²) in [6, 6.07) is 0. The zero-order valence-electron chi connectivity index (χ0n) is 12.5. The Balaban J connectivity index is 4.79. The molecule has 0 aromatic heterocycles. The van der Waals surface area contributed by atoms with E-state index >= 15 is 0 Å². The molecule has 7 nitrogen and oxygen atoms in total. The van der Waals surface area contributed by atoms with Gasteiger partial charge >= 0.3 is 17.9 Å². The van der Waals surface area contributed by atoms with Crippen LogP contribution in [0, 0.1) is 5.41 Å². The fourth-order valence-electron chi connectivity index (χ4n) is 1.24. The van der Waals surface area contributed by atoms with Gasteiger partial charge in [-0.15, -0.1) is 0 Å². The second kappa shape index (κ2) is 10.3. The number of carbonyl (C=O) groups is 3. The van der Waals surface area contributed by atoms with Gasteiger partial charge in [0.2, 0.25) is 0 Å². The second-order valence-electron chi connectivity index (χ2n) is 4.35. The van der Waals surface area contributed by atoms with Crippen molar-refractivity contribution in [2.24, 2.45) is 5.41 Å². The lowest BCUT2D eigenvalue weighted by atomic mass is 9.88. The molecule has 0 atom stereocenters. The first-order chi connectivity index (χ1) is 10.4. The summed E-state index contributed by atoms with van der Waals surface area (Å²) in [7, 11) is 0. The van der Waals surface area contributed by atoms with Gasteiger partial charge in [0.25, 0.3) is 0 Å². The molecule has 0 heterocycles. The molecule has 0 spiro atoms. The number of rotatable bonds is 11. The Kier molecular flexibility index (Phi) is 9.20. The number of carbonyl (C=O) groups excluding carboxylic acids is 3. The Bertz CT molecular complexity index is 415. The van der Waals surface area contributed by atoms with Crippen LogP contribution in [0.3, 0.4) is 0 Å². The van der Waals surface area contributed by atoms with Crippen LogP contribution in [0.15, 0.2) is 38.0 Å². The van der Waals surface area contributed by atoms with E-state index in [4.69, 9.17) is 14.4 Å². The van der Waals surface area contributed by atoms with Crippen LogP contribution in [0.4, 0.5) is 0 Å². The molecule has 0 radical (unpaired) electrons. The zero-order chi connectivity index (χ0) is 17.0. The van der Waals surface area contributed by atoms with Crippen LogP contribution in [-0.2, 0) is 33.6 Å². The van der Waals surface area contributed by atoms with Crippen molar-refractivity contribution in [1.82, 2.24) is 0 Å². The van der Waals surface area contributed by atoms with E-state index in [0.29, 0.717) is 6.42 Å². The zero-order valence-corrected chi connectivity index (χ0v) is 12.5. The highest BCUT2D eigenvalue weighted by molar-refractivity contribution is 5.81. The first-order valence-electron chi connectivity index (χ1n) is 6.47. The fraction of sp³-hybridized carbons (Fsp3) is 0.400. The molecular formula is C15H20O7. The van der Waals surface area contributed by atoms with Crippen LogP contribution in [0.2, 0.25) is 0 Å². The highest BCUT2D eigenvalue weighted by Gasteiger charge is 2.33. The lowest BCUT2D eigenvalue weighted by Gasteiger charge is -2.29. The molecule has 22 heavy (non-hydrogen) atoms. The molecular weight excluding hydrogens is 292 g/mol. The standard InChI is InChI=1S/C15H20O7/c1-5-12(16)19-9-15(8-4,10-20-13(17)6-2)11-21-22-14(18)7-3/h5-7H,1-3,8-11H2,4H3. The van der Waals surface area contributed by atoms with Gasteiger partial charge in [-0.25, -0.2) is 14.4 Å². The quantitative estimate of drug-likeness (QED) is 0.247. The molecule has 0 aliphatic heterocycles. The molecule has 0 bridgehead atoms. The average Bonchev–Trinajstić information content (AvgIpc) is 2.55. The van der Waals surface area contributed by atoms with E-state index in [1.165, 1.54) is 0 Å². The van der Waals surface area contributed by atoms with Gasteiger partial charge in [0.1, 0.15) is 19.8 Å². The van der Waals surface area contributed by atoms with E-state index in [0.717, 1.165) is 18.2 Å². The van der Waals surface area contributed by atoms with E-state index in [9.17, 15) is 14.4 Å². The number of esters is 2. The normalized spacial score (nSPS) is 10.2. The van der Waals surface area contributed by atoms with E-state index in [1.807, 2.05) is 0 Å². The van der Waals surface area contributed by atoms with Crippen molar-refractivity contribution in [3.05, 3.63) is 38.0 Å². The first-order valence-corrected chi connectivity index (χ1v) is 6.47. The molecule has 0 aliphatic rings. The molecule has 0 N–H and O–H groups in total. The minimum Gasteiger partial charge on any atom is -0.462 e. The largest absolute Gasteiger partial charge is 0.462 e. The van der Waals surface area contributed by atoms with Crippen LogP contribution in [-0.4, -0.2) is 37.7 Å². The van der Waals surface area contributed by atoms with Crippen LogP contribution in [0.1, 0.15) is 13.3 Å². The molecule has 0 fully saturated rings. The van der Waals surface area contributed by atoms with Gasteiger partial charge in [0, 0.05) is 18.2 Å². The second-order valence-corrected chi connectivity index (χ2v) is 4.35. The SMILES string of the molecule is C=CC(=O)OCC(CC)(COOC(=O)C=C)COC(=O)C=C. The molecule has 0 amide bonds. The number of ether oxygens (including phenoxy) is 2. The van der Waals surface area contributed by atoms with Gasteiger partial charge in [-0.1, -0.05) is 26.7 Å². The maximum atomic E-state index is 11.2. The summed E-state index contributed by atoms with van der Waals surface area (Å²) in [6.45, 7) is 11.2. The maximum Gasteiger partial charge on any atom is 0.365 e. The lowest BCUT2D eigenvalue weighted by Crippen LogP contribution is -2.38. The van der Waals surface area contributed by atoms with E-state index in [1.54, 1.807) is 6.92 Å². The van der Waals surface area contributed by atoms with Gasteiger partial charge in [-0.2, -0.15) is 4.89 Å². The Hall–Kier alpha value is -2.41. The van der Waals surface area contributed by atoms with Crippen molar-refractivity contribution < 1.29 is 33.6 Å². The Morgan fingerprint density at radius 1 is 0.864 bits per heavy atom. The molecule has 0 unspecified atom stereocenters. The summed E-state index contributed by atoms with van der Waals surface area (Å²) in [5.41, 5.74) is -0.876. The molecule has 0 saturated carbocycles. The summed E-state index contributed by atoms with van der Waals surface area (Å²) in [4.78, 5) is 42.6. The smallest absolute Gasteiger partial charge is 0.365 e. The topological polar surface area (TPSA) is 88.1 Å². The number of hydrogen-bond donors (Lipinski definition) is 0. The predicted octanol–water partition coefficient (Wildman–Crippen LogP) is 1.50. The van der Waals surface area contributed by atoms with Crippen molar-refractivity contribution in [3.8, 4) is 0 Å². The molecule has 7 heteroatoms. The third kappa shape index (κ3) is 7.39. The van der Waals surface area contributed by atoms with Gasteiger partial charge in [0.05, 0.1) is 5.41 Å². The van der Waals surface area contributed by atoms with Crippen molar-refractivity contribution in [2.45, 2.75) is 13.3 Å². The monoisotopic (exact) mass is 312 g/mol. The van der Waals surface area contributed by atoms with E-state index in [2.05, 4.69) is 24.6 Å². The lowest BCUT2D eigenvalue weighted by molar-refractivity contribution is -0.286. The van der Waals surface area contributed by atoms with E-state index < -0.39 is 23.3 Å². The minimum absolute atomic E-state index is 0.107. The molecule has 0 saturated heterocycles. The van der Waals surface area contributed by atoms with Crippen LogP contribution >= 0.6 is 0 Å². The van der Waals surface area contributed by atoms with Crippen molar-refractivity contribution in [1.29, 1.82) is 0 Å². The minimum atomic E-state index is -0.876. The predicted molar refractivity (Wildman–Crippen MR) is 77.3 cm³/mol. The first kappa shape index (κ1) is 19.6. The van der Waals surface area contributed by atoms with Crippen LogP contribution in [0.5, 0.6) is 0 Å². The van der Waals surface area contributed by atoms with E-state index in [-0.39, 0.29) is 19.8 Å². The summed E-state index contributed by atoms with van der Waals surface area (Å²) in [5.74, 6) is -2.02. The molecule has 122 valence electrons. The molecule has 0 aliphatic carbocycles. The third-order valence-electron chi connectivity index (χ3n) is 2.80. The Labute approximate surface area is 129 Å². The Morgan fingerprint density at radius 2 is 1.32 bits per heavy atom. The molecule has 0 aromatic carbocycles. The Morgan fingerprint density at radius 3 is 1.68 bits per heavy atom. The fourth-order valence-corrected chi connectivity index (χ4v) is 1.24. The molecule has 0 aromatic rings. The van der Waals surface area contributed by atoms with Gasteiger partial charge in [-0.05, 0) is 6.42 Å². The highest BCUT2D eigenvalue weighted by atomic mass is 17.2. The van der Waals surface area contributed by atoms with Crippen LogP contribution < -0.4 is 0 Å². The third-order valence-corrected chi connectivity index (χ3v) is 2.80. The number of hydrogen-bond acceptors (Lipinski definition) is 7. The summed E-state index contributed by atoms with van der Waals surface area (Å²) >= 11 is 0. The van der Waals surface area contributed by atoms with Crippen molar-refractivity contribution in [3.63, 3.8) is 0 Å². The summed E-state index contributed by atoms with van der Waals surface area (Å²) in [5, 5.41) is 0.